The van der Waals surface area contributed by atoms with Gasteiger partial charge in [0.15, 0.2) is 0 Å². The molecule has 1 aromatic heterocycles. The topological polar surface area (TPSA) is 89.3 Å². The Morgan fingerprint density at radius 1 is 1.30 bits per heavy atom. The first-order chi connectivity index (χ1) is 13.0. The quantitative estimate of drug-likeness (QED) is 0.717. The van der Waals surface area contributed by atoms with E-state index in [-0.39, 0.29) is 18.0 Å². The zero-order valence-corrected chi connectivity index (χ0v) is 15.9. The van der Waals surface area contributed by atoms with Gasteiger partial charge >= 0.3 is 6.03 Å². The number of aryl methyl sites for hydroxylation is 1. The highest BCUT2D eigenvalue weighted by molar-refractivity contribution is 6.04. The minimum absolute atomic E-state index is 0.202. The molecular weight excluding hydrogens is 346 g/mol. The van der Waals surface area contributed by atoms with Gasteiger partial charge < -0.3 is 10.1 Å². The van der Waals surface area contributed by atoms with Crippen LogP contribution in [0.2, 0.25) is 0 Å². The van der Waals surface area contributed by atoms with E-state index in [9.17, 15) is 9.59 Å². The van der Waals surface area contributed by atoms with Gasteiger partial charge in [0.05, 0.1) is 12.8 Å². The molecule has 0 aliphatic carbocycles. The Morgan fingerprint density at radius 3 is 2.81 bits per heavy atom. The molecule has 3 amide bonds. The Kier molecular flexibility index (Phi) is 5.73. The Balaban J connectivity index is 1.54. The highest BCUT2D eigenvalue weighted by Crippen LogP contribution is 2.16. The number of urea groups is 1. The summed E-state index contributed by atoms with van der Waals surface area (Å²) in [5.74, 6) is 0.599. The number of rotatable bonds is 8. The average Bonchev–Trinajstić information content (AvgIpc) is 3.22. The Morgan fingerprint density at radius 2 is 2.11 bits per heavy atom. The van der Waals surface area contributed by atoms with E-state index in [0.29, 0.717) is 25.1 Å². The monoisotopic (exact) mass is 371 g/mol. The second-order valence-corrected chi connectivity index (χ2v) is 6.93. The first kappa shape index (κ1) is 18.9. The van der Waals surface area contributed by atoms with Crippen LogP contribution in [-0.2, 0) is 17.6 Å². The summed E-state index contributed by atoms with van der Waals surface area (Å²) in [6, 6.07) is 7.08. The number of nitrogens with zero attached hydrogens (tertiary/aromatic N) is 4. The van der Waals surface area contributed by atoms with Crippen LogP contribution in [0.4, 0.5) is 4.79 Å². The molecule has 144 valence electrons. The van der Waals surface area contributed by atoms with Gasteiger partial charge in [0.1, 0.15) is 11.8 Å². The lowest BCUT2D eigenvalue weighted by molar-refractivity contribution is -0.127. The Bertz CT molecular complexity index is 817. The molecule has 8 nitrogen and oxygen atoms in total. The van der Waals surface area contributed by atoms with Crippen LogP contribution in [0, 0.1) is 0 Å². The van der Waals surface area contributed by atoms with Gasteiger partial charge in [0.2, 0.25) is 0 Å². The number of benzene rings is 1. The van der Waals surface area contributed by atoms with Gasteiger partial charge in [-0.3, -0.25) is 9.69 Å². The number of methoxy groups -OCH3 is 1. The molecule has 1 aliphatic heterocycles. The van der Waals surface area contributed by atoms with Crippen LogP contribution < -0.4 is 10.1 Å². The van der Waals surface area contributed by atoms with Crippen LogP contribution in [-0.4, -0.2) is 51.5 Å². The summed E-state index contributed by atoms with van der Waals surface area (Å²) >= 11 is 0. The van der Waals surface area contributed by atoms with Crippen molar-refractivity contribution >= 4 is 11.9 Å². The number of hydrogen-bond acceptors (Lipinski definition) is 5. The molecule has 0 radical (unpaired) electrons. The first-order valence-corrected chi connectivity index (χ1v) is 9.13. The normalized spacial score (nSPS) is 16.9. The number of nitrogens with one attached hydrogen (secondary N) is 1. The molecule has 0 saturated carbocycles. The summed E-state index contributed by atoms with van der Waals surface area (Å²) in [7, 11) is 1.63. The van der Waals surface area contributed by atoms with Crippen LogP contribution in [0.5, 0.6) is 5.75 Å². The lowest BCUT2D eigenvalue weighted by Crippen LogP contribution is -2.33. The number of aromatic nitrogens is 3. The van der Waals surface area contributed by atoms with Gasteiger partial charge in [-0.1, -0.05) is 17.3 Å². The molecule has 8 heteroatoms. The van der Waals surface area contributed by atoms with Gasteiger partial charge in [-0.15, -0.1) is 5.10 Å². The van der Waals surface area contributed by atoms with Gasteiger partial charge in [-0.2, -0.15) is 0 Å². The second-order valence-electron chi connectivity index (χ2n) is 6.93. The molecule has 27 heavy (non-hydrogen) atoms. The second kappa shape index (κ2) is 8.20. The van der Waals surface area contributed by atoms with Crippen molar-refractivity contribution in [2.45, 2.75) is 45.2 Å². The molecule has 1 saturated heterocycles. The molecule has 3 rings (SSSR count). The smallest absolute Gasteiger partial charge is 0.324 e. The summed E-state index contributed by atoms with van der Waals surface area (Å²) in [4.78, 5) is 26.0. The maximum atomic E-state index is 12.6. The minimum Gasteiger partial charge on any atom is -0.497 e. The van der Waals surface area contributed by atoms with Crippen molar-refractivity contribution in [2.24, 2.45) is 0 Å². The van der Waals surface area contributed by atoms with Crippen molar-refractivity contribution in [1.82, 2.24) is 25.2 Å². The number of hydrogen-bond donors (Lipinski definition) is 1. The van der Waals surface area contributed by atoms with E-state index in [1.54, 1.807) is 11.8 Å². The van der Waals surface area contributed by atoms with E-state index in [1.807, 2.05) is 44.3 Å². The molecule has 2 aromatic rings. The van der Waals surface area contributed by atoms with E-state index >= 15 is 0 Å². The van der Waals surface area contributed by atoms with E-state index < -0.39 is 6.04 Å². The molecule has 1 aromatic carbocycles. The van der Waals surface area contributed by atoms with Crippen molar-refractivity contribution in [3.05, 3.63) is 41.7 Å². The Labute approximate surface area is 158 Å². The van der Waals surface area contributed by atoms with Crippen molar-refractivity contribution in [2.75, 3.05) is 13.7 Å². The predicted octanol–water partition coefficient (Wildman–Crippen LogP) is 1.96. The third-order valence-corrected chi connectivity index (χ3v) is 4.59. The zero-order chi connectivity index (χ0) is 19.4. The zero-order valence-electron chi connectivity index (χ0n) is 15.9. The van der Waals surface area contributed by atoms with Crippen LogP contribution in [0.1, 0.15) is 37.6 Å². The molecule has 1 N–H and O–H groups in total. The SMILES string of the molecule is COc1cccc(CCCN2C(=O)NC(Cc3cn(C(C)C)nn3)C2=O)c1. The molecule has 1 aliphatic rings. The summed E-state index contributed by atoms with van der Waals surface area (Å²) in [6.45, 7) is 4.40. The highest BCUT2D eigenvalue weighted by atomic mass is 16.5. The van der Waals surface area contributed by atoms with E-state index in [2.05, 4.69) is 15.6 Å². The van der Waals surface area contributed by atoms with Crippen LogP contribution in [0.3, 0.4) is 0 Å². The molecule has 0 spiro atoms. The van der Waals surface area contributed by atoms with Gasteiger partial charge in [0.25, 0.3) is 5.91 Å². The number of carbonyl (C=O) groups is 2. The summed E-state index contributed by atoms with van der Waals surface area (Å²) < 4.78 is 6.95. The third-order valence-electron chi connectivity index (χ3n) is 4.59. The van der Waals surface area contributed by atoms with E-state index in [1.165, 1.54) is 4.90 Å². The predicted molar refractivity (Wildman–Crippen MR) is 99.5 cm³/mol. The molecule has 1 unspecified atom stereocenters. The standard InChI is InChI=1S/C19H25N5O3/c1-13(2)24-12-15(21-22-24)11-17-18(25)23(19(26)20-17)9-5-7-14-6-4-8-16(10-14)27-3/h4,6,8,10,12-13,17H,5,7,9,11H2,1-3H3,(H,20,26). The summed E-state index contributed by atoms with van der Waals surface area (Å²) in [5, 5.41) is 10.9. The third kappa shape index (κ3) is 4.45. The minimum atomic E-state index is -0.577. The maximum absolute atomic E-state index is 12.6. The molecule has 1 fully saturated rings. The van der Waals surface area contributed by atoms with Crippen molar-refractivity contribution in [3.8, 4) is 5.75 Å². The fraction of sp³-hybridized carbons (Fsp3) is 0.474. The van der Waals surface area contributed by atoms with Gasteiger partial charge in [-0.05, 0) is 44.4 Å². The van der Waals surface area contributed by atoms with Crippen molar-refractivity contribution < 1.29 is 14.3 Å². The number of ether oxygens (including phenoxy) is 1. The fourth-order valence-electron chi connectivity index (χ4n) is 3.06. The van der Waals surface area contributed by atoms with Gasteiger partial charge in [0, 0.05) is 25.2 Å². The van der Waals surface area contributed by atoms with Crippen LogP contribution in [0.25, 0.3) is 0 Å². The van der Waals surface area contributed by atoms with Crippen LogP contribution in [0.15, 0.2) is 30.5 Å². The molecule has 2 heterocycles. The highest BCUT2D eigenvalue weighted by Gasteiger charge is 2.37. The number of amides is 3. The average molecular weight is 371 g/mol. The lowest BCUT2D eigenvalue weighted by Gasteiger charge is -2.13. The van der Waals surface area contributed by atoms with Crippen molar-refractivity contribution in [3.63, 3.8) is 0 Å². The van der Waals surface area contributed by atoms with Crippen LogP contribution >= 0.6 is 0 Å². The number of imide groups is 1. The summed E-state index contributed by atoms with van der Waals surface area (Å²) in [5.41, 5.74) is 1.81. The number of carbonyl (C=O) groups excluding carboxylic acids is 2. The van der Waals surface area contributed by atoms with E-state index in [0.717, 1.165) is 17.7 Å². The van der Waals surface area contributed by atoms with E-state index in [4.69, 9.17) is 4.74 Å². The lowest BCUT2D eigenvalue weighted by atomic mass is 10.1. The molecular formula is C19H25N5O3. The van der Waals surface area contributed by atoms with Gasteiger partial charge in [-0.25, -0.2) is 9.48 Å². The first-order valence-electron chi connectivity index (χ1n) is 9.13. The molecule has 0 bridgehead atoms. The maximum Gasteiger partial charge on any atom is 0.324 e. The Hall–Kier alpha value is -2.90. The summed E-state index contributed by atoms with van der Waals surface area (Å²) in [6.07, 6.45) is 3.63. The largest absolute Gasteiger partial charge is 0.497 e. The fourth-order valence-corrected chi connectivity index (χ4v) is 3.06. The molecule has 1 atom stereocenters. The van der Waals surface area contributed by atoms with Crippen molar-refractivity contribution in [1.29, 1.82) is 0 Å².